The van der Waals surface area contributed by atoms with Crippen LogP contribution in [0.4, 0.5) is 5.69 Å². The van der Waals surface area contributed by atoms with E-state index in [1.165, 1.54) is 0 Å². The highest BCUT2D eigenvalue weighted by Gasteiger charge is 2.24. The molecule has 0 spiro atoms. The minimum Gasteiger partial charge on any atom is -0.378 e. The van der Waals surface area contributed by atoms with Crippen LogP contribution < -0.4 is 5.32 Å². The van der Waals surface area contributed by atoms with Gasteiger partial charge in [-0.15, -0.1) is 0 Å². The number of anilines is 1. The Labute approximate surface area is 115 Å². The number of carbonyl (C=O) groups is 1. The van der Waals surface area contributed by atoms with Crippen LogP contribution in [0.3, 0.4) is 0 Å². The lowest BCUT2D eigenvalue weighted by molar-refractivity contribution is -0.117. The highest BCUT2D eigenvalue weighted by atomic mass is 16.5. The zero-order valence-electron chi connectivity index (χ0n) is 12.0. The lowest BCUT2D eigenvalue weighted by Gasteiger charge is -2.18. The molecule has 104 valence electrons. The lowest BCUT2D eigenvalue weighted by atomic mass is 9.98. The first kappa shape index (κ1) is 14.1. The van der Waals surface area contributed by atoms with Crippen molar-refractivity contribution in [2.24, 2.45) is 5.92 Å². The molecule has 3 heteroatoms. The smallest absolute Gasteiger partial charge is 0.224 e. The van der Waals surface area contributed by atoms with E-state index in [9.17, 15) is 4.79 Å². The van der Waals surface area contributed by atoms with Crippen LogP contribution in [0.1, 0.15) is 37.3 Å². The van der Waals surface area contributed by atoms with Gasteiger partial charge in [-0.05, 0) is 49.8 Å². The number of amides is 1. The van der Waals surface area contributed by atoms with E-state index in [4.69, 9.17) is 4.74 Å². The molecule has 0 bridgehead atoms. The molecule has 1 heterocycles. The van der Waals surface area contributed by atoms with E-state index in [0.717, 1.165) is 36.3 Å². The number of carbonyl (C=O) groups excluding carboxylic acids is 1. The van der Waals surface area contributed by atoms with Crippen molar-refractivity contribution in [2.45, 2.75) is 46.1 Å². The van der Waals surface area contributed by atoms with Crippen LogP contribution in [0, 0.1) is 19.8 Å². The van der Waals surface area contributed by atoms with E-state index >= 15 is 0 Å². The molecule has 2 atom stereocenters. The van der Waals surface area contributed by atoms with E-state index < -0.39 is 0 Å². The second kappa shape index (κ2) is 6.20. The predicted molar refractivity (Wildman–Crippen MR) is 77.3 cm³/mol. The zero-order chi connectivity index (χ0) is 13.8. The van der Waals surface area contributed by atoms with Crippen molar-refractivity contribution in [3.05, 3.63) is 29.3 Å². The summed E-state index contributed by atoms with van der Waals surface area (Å²) in [5.74, 6) is 0.365. The van der Waals surface area contributed by atoms with Gasteiger partial charge in [-0.1, -0.05) is 19.1 Å². The summed E-state index contributed by atoms with van der Waals surface area (Å²) < 4.78 is 5.63. The quantitative estimate of drug-likeness (QED) is 0.901. The van der Waals surface area contributed by atoms with Crippen LogP contribution in [-0.2, 0) is 9.53 Å². The number of hydrogen-bond acceptors (Lipinski definition) is 2. The van der Waals surface area contributed by atoms with Gasteiger partial charge >= 0.3 is 0 Å². The SMILES string of the molecule is Cc1ccc(C)c(NC(=O)C[C@@H](C)[C@H]2CCCO2)c1. The van der Waals surface area contributed by atoms with Gasteiger partial charge < -0.3 is 10.1 Å². The monoisotopic (exact) mass is 261 g/mol. The normalized spacial score (nSPS) is 20.3. The molecule has 1 saturated heterocycles. The van der Waals surface area contributed by atoms with E-state index in [1.807, 2.05) is 26.0 Å². The molecule has 19 heavy (non-hydrogen) atoms. The Morgan fingerprint density at radius 1 is 1.47 bits per heavy atom. The fourth-order valence-corrected chi connectivity index (χ4v) is 2.55. The Morgan fingerprint density at radius 3 is 2.95 bits per heavy atom. The van der Waals surface area contributed by atoms with Crippen LogP contribution in [-0.4, -0.2) is 18.6 Å². The summed E-state index contributed by atoms with van der Waals surface area (Å²) in [5, 5.41) is 3.01. The number of rotatable bonds is 4. The molecule has 1 amide bonds. The third-order valence-electron chi connectivity index (χ3n) is 3.77. The lowest BCUT2D eigenvalue weighted by Crippen LogP contribution is -2.23. The number of aryl methyl sites for hydroxylation is 2. The summed E-state index contributed by atoms with van der Waals surface area (Å²) >= 11 is 0. The summed E-state index contributed by atoms with van der Waals surface area (Å²) in [4.78, 5) is 12.1. The van der Waals surface area contributed by atoms with Gasteiger partial charge in [-0.25, -0.2) is 0 Å². The van der Waals surface area contributed by atoms with Crippen LogP contribution in [0.2, 0.25) is 0 Å². The van der Waals surface area contributed by atoms with Gasteiger partial charge in [0.1, 0.15) is 0 Å². The van der Waals surface area contributed by atoms with Crippen molar-refractivity contribution < 1.29 is 9.53 Å². The van der Waals surface area contributed by atoms with Crippen LogP contribution in [0.25, 0.3) is 0 Å². The first-order chi connectivity index (χ1) is 9.06. The molecule has 0 aliphatic carbocycles. The van der Waals surface area contributed by atoms with Crippen molar-refractivity contribution in [3.63, 3.8) is 0 Å². The van der Waals surface area contributed by atoms with Gasteiger partial charge in [0.15, 0.2) is 0 Å². The first-order valence-corrected chi connectivity index (χ1v) is 7.05. The molecule has 1 aliphatic rings. The maximum atomic E-state index is 12.1. The van der Waals surface area contributed by atoms with E-state index in [-0.39, 0.29) is 17.9 Å². The molecule has 1 fully saturated rings. The molecular weight excluding hydrogens is 238 g/mol. The molecule has 3 nitrogen and oxygen atoms in total. The number of ether oxygens (including phenoxy) is 1. The summed E-state index contributed by atoms with van der Waals surface area (Å²) in [6.07, 6.45) is 2.98. The largest absolute Gasteiger partial charge is 0.378 e. The second-order valence-corrected chi connectivity index (χ2v) is 5.60. The van der Waals surface area contributed by atoms with Gasteiger partial charge in [0.25, 0.3) is 0 Å². The molecule has 0 saturated carbocycles. The van der Waals surface area contributed by atoms with Crippen molar-refractivity contribution >= 4 is 11.6 Å². The number of hydrogen-bond donors (Lipinski definition) is 1. The molecule has 0 unspecified atom stereocenters. The highest BCUT2D eigenvalue weighted by Crippen LogP contribution is 2.23. The second-order valence-electron chi connectivity index (χ2n) is 5.60. The average Bonchev–Trinajstić information content (AvgIpc) is 2.87. The predicted octanol–water partition coefficient (Wildman–Crippen LogP) is 3.45. The topological polar surface area (TPSA) is 38.3 Å². The maximum Gasteiger partial charge on any atom is 0.224 e. The number of nitrogens with one attached hydrogen (secondary N) is 1. The Hall–Kier alpha value is -1.35. The molecule has 0 aromatic heterocycles. The van der Waals surface area contributed by atoms with Gasteiger partial charge in [0, 0.05) is 18.7 Å². The van der Waals surface area contributed by atoms with Crippen LogP contribution in [0.5, 0.6) is 0 Å². The minimum atomic E-state index is 0.0803. The molecule has 1 aromatic rings. The van der Waals surface area contributed by atoms with Crippen molar-refractivity contribution in [1.29, 1.82) is 0 Å². The molecule has 1 aliphatic heterocycles. The third kappa shape index (κ3) is 3.80. The first-order valence-electron chi connectivity index (χ1n) is 7.05. The Morgan fingerprint density at radius 2 is 2.26 bits per heavy atom. The number of benzene rings is 1. The molecule has 0 radical (unpaired) electrons. The van der Waals surface area contributed by atoms with Crippen molar-refractivity contribution in [2.75, 3.05) is 11.9 Å². The summed E-state index contributed by atoms with van der Waals surface area (Å²) in [7, 11) is 0. The van der Waals surface area contributed by atoms with E-state index in [0.29, 0.717) is 6.42 Å². The molecule has 1 N–H and O–H groups in total. The minimum absolute atomic E-state index is 0.0803. The molecular formula is C16H23NO2. The van der Waals surface area contributed by atoms with Gasteiger partial charge in [-0.3, -0.25) is 4.79 Å². The van der Waals surface area contributed by atoms with Crippen LogP contribution in [0.15, 0.2) is 18.2 Å². The van der Waals surface area contributed by atoms with E-state index in [2.05, 4.69) is 18.3 Å². The maximum absolute atomic E-state index is 12.1. The van der Waals surface area contributed by atoms with Gasteiger partial charge in [-0.2, -0.15) is 0 Å². The third-order valence-corrected chi connectivity index (χ3v) is 3.77. The Kier molecular flexibility index (Phi) is 4.59. The Bertz CT molecular complexity index is 450. The van der Waals surface area contributed by atoms with Crippen molar-refractivity contribution in [3.8, 4) is 0 Å². The molecule has 1 aromatic carbocycles. The van der Waals surface area contributed by atoms with Gasteiger partial charge in [0.2, 0.25) is 5.91 Å². The average molecular weight is 261 g/mol. The highest BCUT2D eigenvalue weighted by molar-refractivity contribution is 5.91. The standard InChI is InChI=1S/C16H23NO2/c1-11-6-7-12(2)14(9-11)17-16(18)10-13(3)15-5-4-8-19-15/h6-7,9,13,15H,4-5,8,10H2,1-3H3,(H,17,18)/t13-,15-/m1/s1. The summed E-state index contributed by atoms with van der Waals surface area (Å²) in [5.41, 5.74) is 3.18. The fraction of sp³-hybridized carbons (Fsp3) is 0.562. The molecule has 2 rings (SSSR count). The summed E-state index contributed by atoms with van der Waals surface area (Å²) in [6, 6.07) is 6.11. The van der Waals surface area contributed by atoms with Crippen LogP contribution >= 0.6 is 0 Å². The van der Waals surface area contributed by atoms with Crippen molar-refractivity contribution in [1.82, 2.24) is 0 Å². The fourth-order valence-electron chi connectivity index (χ4n) is 2.55. The Balaban J connectivity index is 1.91. The van der Waals surface area contributed by atoms with E-state index in [1.54, 1.807) is 0 Å². The zero-order valence-corrected chi connectivity index (χ0v) is 12.0. The van der Waals surface area contributed by atoms with Gasteiger partial charge in [0.05, 0.1) is 6.10 Å². The summed E-state index contributed by atoms with van der Waals surface area (Å²) in [6.45, 7) is 6.98.